The van der Waals surface area contributed by atoms with Crippen molar-refractivity contribution in [3.05, 3.63) is 0 Å². The Morgan fingerprint density at radius 1 is 1.14 bits per heavy atom. The van der Waals surface area contributed by atoms with Gasteiger partial charge in [-0.1, -0.05) is 13.8 Å². The lowest BCUT2D eigenvalue weighted by Crippen LogP contribution is -2.32. The van der Waals surface area contributed by atoms with Crippen LogP contribution in [0.2, 0.25) is 0 Å². The van der Waals surface area contributed by atoms with E-state index < -0.39 is 11.8 Å². The summed E-state index contributed by atoms with van der Waals surface area (Å²) in [6.07, 6.45) is -0.998. The number of hydrogen-bond donors (Lipinski definition) is 0. The fourth-order valence-electron chi connectivity index (χ4n) is 0.450. The van der Waals surface area contributed by atoms with E-state index in [1.165, 1.54) is 0 Å². The molecule has 0 aliphatic carbocycles. The van der Waals surface area contributed by atoms with Gasteiger partial charge in [-0.3, -0.25) is 4.89 Å². The van der Waals surface area contributed by atoms with Crippen LogP contribution in [0.4, 0.5) is 4.79 Å². The molecule has 0 unspecified atom stereocenters. The molecule has 0 heterocycles. The van der Waals surface area contributed by atoms with Crippen LogP contribution in [-0.2, 0) is 14.5 Å². The molecule has 0 radical (unpaired) electrons. The molecule has 0 aromatic heterocycles. The topological polar surface area (TPSA) is 44.8 Å². The zero-order valence-electron chi connectivity index (χ0n) is 9.79. The van der Waals surface area contributed by atoms with Crippen LogP contribution >= 0.6 is 0 Å². The van der Waals surface area contributed by atoms with Gasteiger partial charge >= 0.3 is 6.16 Å². The van der Waals surface area contributed by atoms with E-state index >= 15 is 0 Å². The minimum absolute atomic E-state index is 0.201. The third-order valence-electron chi connectivity index (χ3n) is 2.05. The standard InChI is InChI=1S/C10H20O4/c1-7(2)10(5,6)14-13-9(11)12-8(3)4/h7-8H,1-6H3. The smallest absolute Gasteiger partial charge is 0.430 e. The molecule has 14 heavy (non-hydrogen) atoms. The molecule has 0 saturated carbocycles. The zero-order chi connectivity index (χ0) is 11.4. The molecule has 0 aliphatic heterocycles. The van der Waals surface area contributed by atoms with E-state index in [4.69, 9.17) is 9.62 Å². The van der Waals surface area contributed by atoms with Crippen molar-refractivity contribution in [3.8, 4) is 0 Å². The molecule has 0 rings (SSSR count). The van der Waals surface area contributed by atoms with Crippen LogP contribution in [0.25, 0.3) is 0 Å². The maximum absolute atomic E-state index is 11.0. The largest absolute Gasteiger partial charge is 0.540 e. The number of ether oxygens (including phenoxy) is 1. The van der Waals surface area contributed by atoms with Gasteiger partial charge in [0.05, 0.1) is 6.10 Å². The summed E-state index contributed by atoms with van der Waals surface area (Å²) in [6.45, 7) is 11.2. The highest BCUT2D eigenvalue weighted by Crippen LogP contribution is 2.20. The average Bonchev–Trinajstić information content (AvgIpc) is 1.99. The van der Waals surface area contributed by atoms with E-state index in [2.05, 4.69) is 4.89 Å². The first-order valence-electron chi connectivity index (χ1n) is 4.82. The zero-order valence-corrected chi connectivity index (χ0v) is 9.79. The lowest BCUT2D eigenvalue weighted by atomic mass is 9.95. The first-order valence-corrected chi connectivity index (χ1v) is 4.82. The van der Waals surface area contributed by atoms with Gasteiger partial charge in [-0.2, -0.15) is 4.89 Å². The highest BCUT2D eigenvalue weighted by Gasteiger charge is 2.27. The van der Waals surface area contributed by atoms with Crippen molar-refractivity contribution < 1.29 is 19.3 Å². The highest BCUT2D eigenvalue weighted by molar-refractivity contribution is 5.59. The van der Waals surface area contributed by atoms with Gasteiger partial charge in [-0.15, -0.1) is 0 Å². The van der Waals surface area contributed by atoms with Crippen molar-refractivity contribution in [2.45, 2.75) is 53.2 Å². The van der Waals surface area contributed by atoms with Crippen molar-refractivity contribution in [1.82, 2.24) is 0 Å². The Bertz CT molecular complexity index is 185. The van der Waals surface area contributed by atoms with Gasteiger partial charge in [0.15, 0.2) is 0 Å². The molecule has 0 fully saturated rings. The van der Waals surface area contributed by atoms with Crippen LogP contribution in [-0.4, -0.2) is 17.9 Å². The SMILES string of the molecule is CC(C)OC(=O)OOC(C)(C)C(C)C. The lowest BCUT2D eigenvalue weighted by molar-refractivity contribution is -0.328. The fourth-order valence-corrected chi connectivity index (χ4v) is 0.450. The Kier molecular flexibility index (Phi) is 4.91. The molecule has 0 amide bonds. The van der Waals surface area contributed by atoms with Crippen molar-refractivity contribution in [2.75, 3.05) is 0 Å². The third-order valence-corrected chi connectivity index (χ3v) is 2.05. The maximum atomic E-state index is 11.0. The van der Waals surface area contributed by atoms with Gasteiger partial charge in [0, 0.05) is 0 Å². The average molecular weight is 204 g/mol. The molecule has 0 aromatic carbocycles. The van der Waals surface area contributed by atoms with Gasteiger partial charge in [-0.05, 0) is 33.6 Å². The summed E-state index contributed by atoms with van der Waals surface area (Å²) < 4.78 is 4.74. The molecule has 0 aliphatic rings. The number of rotatable bonds is 4. The molecule has 0 spiro atoms. The maximum Gasteiger partial charge on any atom is 0.540 e. The Morgan fingerprint density at radius 3 is 2.00 bits per heavy atom. The lowest BCUT2D eigenvalue weighted by Gasteiger charge is -2.26. The first kappa shape index (κ1) is 13.2. The van der Waals surface area contributed by atoms with Gasteiger partial charge in [0.2, 0.25) is 0 Å². The summed E-state index contributed by atoms with van der Waals surface area (Å²) in [6, 6.07) is 0. The van der Waals surface area contributed by atoms with Gasteiger partial charge in [0.25, 0.3) is 0 Å². The van der Waals surface area contributed by atoms with Crippen LogP contribution < -0.4 is 0 Å². The molecule has 0 N–H and O–H groups in total. The predicted molar refractivity (Wildman–Crippen MR) is 52.7 cm³/mol. The molecule has 4 nitrogen and oxygen atoms in total. The van der Waals surface area contributed by atoms with Gasteiger partial charge in [0.1, 0.15) is 5.60 Å². The van der Waals surface area contributed by atoms with Crippen molar-refractivity contribution in [1.29, 1.82) is 0 Å². The second-order valence-corrected chi connectivity index (χ2v) is 4.34. The Labute approximate surface area is 85.5 Å². The van der Waals surface area contributed by atoms with E-state index in [1.54, 1.807) is 13.8 Å². The second-order valence-electron chi connectivity index (χ2n) is 4.34. The molecule has 84 valence electrons. The summed E-state index contributed by atoms with van der Waals surface area (Å²) in [5.41, 5.74) is -0.504. The van der Waals surface area contributed by atoms with Gasteiger partial charge < -0.3 is 4.74 Å². The summed E-state index contributed by atoms with van der Waals surface area (Å²) in [4.78, 5) is 20.5. The summed E-state index contributed by atoms with van der Waals surface area (Å²) >= 11 is 0. The molecule has 0 saturated heterocycles. The Balaban J connectivity index is 3.88. The van der Waals surface area contributed by atoms with Gasteiger partial charge in [-0.25, -0.2) is 4.79 Å². The summed E-state index contributed by atoms with van der Waals surface area (Å²) in [5, 5.41) is 0. The minimum atomic E-state index is -0.797. The molecule has 0 bridgehead atoms. The molecule has 0 aromatic rings. The normalized spacial score (nSPS) is 12.0. The van der Waals surface area contributed by atoms with Crippen LogP contribution in [0.1, 0.15) is 41.5 Å². The van der Waals surface area contributed by atoms with Crippen LogP contribution in [0.15, 0.2) is 0 Å². The highest BCUT2D eigenvalue weighted by atomic mass is 17.2. The third kappa shape index (κ3) is 5.07. The number of hydrogen-bond acceptors (Lipinski definition) is 4. The van der Waals surface area contributed by atoms with E-state index in [-0.39, 0.29) is 12.0 Å². The quantitative estimate of drug-likeness (QED) is 0.401. The van der Waals surface area contributed by atoms with Crippen LogP contribution in [0, 0.1) is 5.92 Å². The molecular formula is C10H20O4. The minimum Gasteiger partial charge on any atom is -0.430 e. The molecule has 4 heteroatoms. The summed E-state index contributed by atoms with van der Waals surface area (Å²) in [7, 11) is 0. The van der Waals surface area contributed by atoms with E-state index in [0.717, 1.165) is 0 Å². The van der Waals surface area contributed by atoms with E-state index in [9.17, 15) is 4.79 Å². The van der Waals surface area contributed by atoms with Crippen LogP contribution in [0.5, 0.6) is 0 Å². The van der Waals surface area contributed by atoms with Crippen molar-refractivity contribution in [2.24, 2.45) is 5.92 Å². The predicted octanol–water partition coefficient (Wildman–Crippen LogP) is 2.91. The second kappa shape index (κ2) is 5.20. The number of carbonyl (C=O) groups is 1. The fraction of sp³-hybridized carbons (Fsp3) is 0.900. The monoisotopic (exact) mass is 204 g/mol. The Hall–Kier alpha value is -0.770. The number of carbonyl (C=O) groups excluding carboxylic acids is 1. The Morgan fingerprint density at radius 2 is 1.64 bits per heavy atom. The van der Waals surface area contributed by atoms with Crippen LogP contribution in [0.3, 0.4) is 0 Å². The molecule has 0 atom stereocenters. The first-order chi connectivity index (χ1) is 6.25. The van der Waals surface area contributed by atoms with Crippen molar-refractivity contribution >= 4 is 6.16 Å². The molecular weight excluding hydrogens is 184 g/mol. The van der Waals surface area contributed by atoms with Crippen molar-refractivity contribution in [3.63, 3.8) is 0 Å². The summed E-state index contributed by atoms with van der Waals surface area (Å²) in [5.74, 6) is 0.245. The van der Waals surface area contributed by atoms with E-state index in [0.29, 0.717) is 0 Å². The van der Waals surface area contributed by atoms with E-state index in [1.807, 2.05) is 27.7 Å².